The number of hydrogen-bond donors (Lipinski definition) is 5. The Morgan fingerprint density at radius 2 is 1.31 bits per heavy atom. The Kier molecular flexibility index (Phi) is 11.1. The Labute approximate surface area is 90.8 Å². The monoisotopic (exact) mass is 238 g/mol. The van der Waals surface area contributed by atoms with E-state index in [4.69, 9.17) is 35.1 Å². The van der Waals surface area contributed by atoms with Crippen LogP contribution in [0, 0.1) is 0 Å². The van der Waals surface area contributed by atoms with Crippen LogP contribution in [-0.2, 0) is 14.4 Å². The molecule has 5 N–H and O–H groups in total. The fourth-order valence-electron chi connectivity index (χ4n) is 0.618. The van der Waals surface area contributed by atoms with Gasteiger partial charge in [-0.3, -0.25) is 9.59 Å². The summed E-state index contributed by atoms with van der Waals surface area (Å²) < 4.78 is 0. The van der Waals surface area contributed by atoms with Crippen LogP contribution < -0.4 is 0 Å². The average Bonchev–Trinajstić information content (AvgIpc) is 2.34. The molecule has 0 saturated carbocycles. The average molecular weight is 238 g/mol. The summed E-state index contributed by atoms with van der Waals surface area (Å²) in [6.45, 7) is -0.760. The molecule has 0 radical (unpaired) electrons. The van der Waals surface area contributed by atoms with Crippen molar-refractivity contribution in [1.29, 1.82) is 0 Å². The summed E-state index contributed by atoms with van der Waals surface area (Å²) in [5, 5.41) is 43.5. The van der Waals surface area contributed by atoms with Crippen LogP contribution in [0.1, 0.15) is 0 Å². The maximum atomic E-state index is 9.90. The van der Waals surface area contributed by atoms with Crippen LogP contribution in [0.3, 0.4) is 0 Å². The summed E-state index contributed by atoms with van der Waals surface area (Å²) in [7, 11) is 0. The van der Waals surface area contributed by atoms with Crippen LogP contribution >= 0.6 is 0 Å². The third kappa shape index (κ3) is 7.15. The Bertz CT molecular complexity index is 200. The molecule has 0 fully saturated rings. The van der Waals surface area contributed by atoms with Crippen LogP contribution in [0.2, 0.25) is 0 Å². The van der Waals surface area contributed by atoms with Gasteiger partial charge in [0, 0.05) is 0 Å². The van der Waals surface area contributed by atoms with Gasteiger partial charge < -0.3 is 30.3 Å². The Morgan fingerprint density at radius 1 is 0.875 bits per heavy atom. The zero-order chi connectivity index (χ0) is 13.1. The van der Waals surface area contributed by atoms with Crippen molar-refractivity contribution in [2.24, 2.45) is 0 Å². The standard InChI is InChI=1S/C6H12O6.C2H2O2/c7-1-3(9)5(11)6(12)4(10)2-8;3-1-2-4/h1,3-6,8-12H,2H2;1-2H. The van der Waals surface area contributed by atoms with Gasteiger partial charge in [-0.05, 0) is 0 Å². The molecule has 0 spiro atoms. The molecule has 0 heterocycles. The van der Waals surface area contributed by atoms with Gasteiger partial charge in [-0.15, -0.1) is 0 Å². The lowest BCUT2D eigenvalue weighted by atomic mass is 10.0. The molecule has 0 aromatic carbocycles. The first-order valence-corrected chi connectivity index (χ1v) is 4.13. The quantitative estimate of drug-likeness (QED) is 0.232. The predicted octanol–water partition coefficient (Wildman–Crippen LogP) is -3.99. The van der Waals surface area contributed by atoms with Gasteiger partial charge in [0.15, 0.2) is 18.9 Å². The van der Waals surface area contributed by atoms with Crippen LogP contribution in [0.5, 0.6) is 0 Å². The first-order valence-electron chi connectivity index (χ1n) is 4.13. The lowest BCUT2D eigenvalue weighted by Gasteiger charge is -2.22. The van der Waals surface area contributed by atoms with Gasteiger partial charge in [0.05, 0.1) is 6.61 Å². The molecule has 0 bridgehead atoms. The number of rotatable bonds is 6. The summed E-state index contributed by atoms with van der Waals surface area (Å²) in [5.74, 6) is 0. The van der Waals surface area contributed by atoms with Gasteiger partial charge in [-0.2, -0.15) is 0 Å². The third-order valence-corrected chi connectivity index (χ3v) is 1.48. The number of carbonyl (C=O) groups is 3. The Morgan fingerprint density at radius 3 is 1.56 bits per heavy atom. The zero-order valence-corrected chi connectivity index (χ0v) is 8.21. The lowest BCUT2D eigenvalue weighted by molar-refractivity contribution is -0.136. The highest BCUT2D eigenvalue weighted by atomic mass is 16.4. The van der Waals surface area contributed by atoms with Crippen molar-refractivity contribution in [2.75, 3.05) is 6.61 Å². The van der Waals surface area contributed by atoms with Gasteiger partial charge in [-0.25, -0.2) is 0 Å². The molecule has 0 saturated heterocycles. The highest BCUT2D eigenvalue weighted by molar-refractivity contribution is 6.09. The maximum absolute atomic E-state index is 9.90. The minimum absolute atomic E-state index is 0.0258. The highest BCUT2D eigenvalue weighted by Crippen LogP contribution is 2.02. The summed E-state index contributed by atoms with van der Waals surface area (Å²) in [4.78, 5) is 27.5. The fourth-order valence-corrected chi connectivity index (χ4v) is 0.618. The van der Waals surface area contributed by atoms with E-state index in [1.165, 1.54) is 0 Å². The molecule has 8 nitrogen and oxygen atoms in total. The number of aliphatic hydroxyl groups is 5. The van der Waals surface area contributed by atoms with Crippen LogP contribution in [0.4, 0.5) is 0 Å². The normalized spacial score (nSPS) is 17.1. The second-order valence-corrected chi connectivity index (χ2v) is 2.63. The van der Waals surface area contributed by atoms with Crippen molar-refractivity contribution in [1.82, 2.24) is 0 Å². The van der Waals surface area contributed by atoms with Crippen LogP contribution in [-0.4, -0.2) is 75.4 Å². The first kappa shape index (κ1) is 17.2. The minimum atomic E-state index is -1.79. The zero-order valence-electron chi connectivity index (χ0n) is 8.21. The molecule has 94 valence electrons. The highest BCUT2D eigenvalue weighted by Gasteiger charge is 2.29. The van der Waals surface area contributed by atoms with E-state index >= 15 is 0 Å². The second kappa shape index (κ2) is 10.3. The topological polar surface area (TPSA) is 152 Å². The van der Waals surface area contributed by atoms with E-state index in [0.29, 0.717) is 0 Å². The summed E-state index contributed by atoms with van der Waals surface area (Å²) in [5.41, 5.74) is 0. The predicted molar refractivity (Wildman–Crippen MR) is 49.3 cm³/mol. The number of carbonyl (C=O) groups excluding carboxylic acids is 3. The first-order chi connectivity index (χ1) is 7.45. The molecule has 0 rings (SSSR count). The van der Waals surface area contributed by atoms with Gasteiger partial charge >= 0.3 is 0 Å². The number of aliphatic hydroxyl groups excluding tert-OH is 5. The molecule has 0 aromatic heterocycles. The largest absolute Gasteiger partial charge is 0.394 e. The summed E-state index contributed by atoms with van der Waals surface area (Å²) in [6, 6.07) is 0. The fraction of sp³-hybridized carbons (Fsp3) is 0.625. The molecule has 16 heavy (non-hydrogen) atoms. The number of aldehydes is 3. The summed E-state index contributed by atoms with van der Waals surface area (Å²) in [6.07, 6.45) is -6.45. The van der Waals surface area contributed by atoms with E-state index in [1.54, 1.807) is 0 Å². The smallest absolute Gasteiger partial charge is 0.182 e. The Balaban J connectivity index is 0. The molecule has 4 unspecified atom stereocenters. The second-order valence-electron chi connectivity index (χ2n) is 2.63. The van der Waals surface area contributed by atoms with Crippen molar-refractivity contribution in [3.63, 3.8) is 0 Å². The molecule has 8 heteroatoms. The van der Waals surface area contributed by atoms with E-state index in [1.807, 2.05) is 0 Å². The van der Waals surface area contributed by atoms with Crippen molar-refractivity contribution in [3.8, 4) is 0 Å². The molecule has 0 aromatic rings. The SMILES string of the molecule is O=CC(O)C(O)C(O)C(O)CO.O=CC=O. The van der Waals surface area contributed by atoms with E-state index < -0.39 is 31.0 Å². The molecule has 0 amide bonds. The molecule has 0 aliphatic carbocycles. The molecule has 0 aliphatic heterocycles. The van der Waals surface area contributed by atoms with E-state index in [0.717, 1.165) is 0 Å². The van der Waals surface area contributed by atoms with Crippen molar-refractivity contribution in [3.05, 3.63) is 0 Å². The summed E-state index contributed by atoms with van der Waals surface area (Å²) >= 11 is 0. The third-order valence-electron chi connectivity index (χ3n) is 1.48. The lowest BCUT2D eigenvalue weighted by Crippen LogP contribution is -2.46. The number of hydrogen-bond acceptors (Lipinski definition) is 8. The van der Waals surface area contributed by atoms with Gasteiger partial charge in [0.25, 0.3) is 0 Å². The van der Waals surface area contributed by atoms with Crippen molar-refractivity contribution in [2.45, 2.75) is 24.4 Å². The molecule has 4 atom stereocenters. The molecule has 0 aliphatic rings. The van der Waals surface area contributed by atoms with Crippen molar-refractivity contribution >= 4 is 18.9 Å². The van der Waals surface area contributed by atoms with E-state index in [-0.39, 0.29) is 18.9 Å². The van der Waals surface area contributed by atoms with Gasteiger partial charge in [-0.1, -0.05) is 0 Å². The van der Waals surface area contributed by atoms with Crippen molar-refractivity contribution < 1.29 is 39.9 Å². The maximum Gasteiger partial charge on any atom is 0.182 e. The molecular formula is C8H14O8. The Hall–Kier alpha value is -1.19. The van der Waals surface area contributed by atoms with Crippen LogP contribution in [0.15, 0.2) is 0 Å². The van der Waals surface area contributed by atoms with Crippen LogP contribution in [0.25, 0.3) is 0 Å². The van der Waals surface area contributed by atoms with E-state index in [2.05, 4.69) is 0 Å². The minimum Gasteiger partial charge on any atom is -0.394 e. The van der Waals surface area contributed by atoms with E-state index in [9.17, 15) is 4.79 Å². The van der Waals surface area contributed by atoms with Gasteiger partial charge in [0.1, 0.15) is 24.4 Å². The molecular weight excluding hydrogens is 224 g/mol. The van der Waals surface area contributed by atoms with Gasteiger partial charge in [0.2, 0.25) is 0 Å².